The van der Waals surface area contributed by atoms with E-state index < -0.39 is 5.97 Å². The van der Waals surface area contributed by atoms with Crippen molar-refractivity contribution in [1.29, 1.82) is 0 Å². The lowest BCUT2D eigenvalue weighted by atomic mass is 10.1. The molecule has 2 amide bonds. The maximum absolute atomic E-state index is 12.2. The highest BCUT2D eigenvalue weighted by Crippen LogP contribution is 2.11. The number of ether oxygens (including phenoxy) is 1. The molecule has 6 heteroatoms. The van der Waals surface area contributed by atoms with E-state index in [1.54, 1.807) is 4.90 Å². The topological polar surface area (TPSA) is 78.9 Å². The molecule has 0 aromatic heterocycles. The van der Waals surface area contributed by atoms with E-state index in [1.165, 1.54) is 0 Å². The van der Waals surface area contributed by atoms with Gasteiger partial charge in [0, 0.05) is 12.6 Å². The number of nitrogens with one attached hydrogen (secondary N) is 1. The first kappa shape index (κ1) is 15.8. The number of aliphatic carboxylic acids is 1. The van der Waals surface area contributed by atoms with Crippen LogP contribution in [0.4, 0.5) is 4.79 Å². The summed E-state index contributed by atoms with van der Waals surface area (Å²) < 4.78 is 5.35. The van der Waals surface area contributed by atoms with Gasteiger partial charge in [-0.1, -0.05) is 20.3 Å². The molecule has 0 spiro atoms. The van der Waals surface area contributed by atoms with Crippen molar-refractivity contribution in [3.63, 3.8) is 0 Å². The number of carbonyl (C=O) groups is 2. The lowest BCUT2D eigenvalue weighted by Gasteiger charge is -2.36. The number of amides is 2. The zero-order valence-corrected chi connectivity index (χ0v) is 11.7. The Morgan fingerprint density at radius 3 is 2.79 bits per heavy atom. The minimum Gasteiger partial charge on any atom is -0.481 e. The third-order valence-electron chi connectivity index (χ3n) is 3.35. The zero-order chi connectivity index (χ0) is 14.3. The van der Waals surface area contributed by atoms with E-state index >= 15 is 0 Å². The summed E-state index contributed by atoms with van der Waals surface area (Å²) in [6.07, 6.45) is 2.34. The molecular formula is C13H24N2O4. The lowest BCUT2D eigenvalue weighted by Crippen LogP contribution is -2.54. The van der Waals surface area contributed by atoms with Gasteiger partial charge in [0.2, 0.25) is 0 Å². The van der Waals surface area contributed by atoms with Gasteiger partial charge in [-0.3, -0.25) is 4.79 Å². The first-order chi connectivity index (χ1) is 9.08. The van der Waals surface area contributed by atoms with Crippen LogP contribution in [0, 0.1) is 0 Å². The fourth-order valence-corrected chi connectivity index (χ4v) is 2.30. The fourth-order valence-electron chi connectivity index (χ4n) is 2.30. The van der Waals surface area contributed by atoms with E-state index in [2.05, 4.69) is 5.32 Å². The molecule has 1 heterocycles. The number of urea groups is 1. The summed E-state index contributed by atoms with van der Waals surface area (Å²) in [5.41, 5.74) is 0. The summed E-state index contributed by atoms with van der Waals surface area (Å²) in [7, 11) is 0. The number of morpholine rings is 1. The first-order valence-corrected chi connectivity index (χ1v) is 6.95. The Morgan fingerprint density at radius 1 is 1.47 bits per heavy atom. The van der Waals surface area contributed by atoms with Crippen molar-refractivity contribution in [3.05, 3.63) is 0 Å². The molecule has 2 N–H and O–H groups in total. The van der Waals surface area contributed by atoms with Crippen LogP contribution in [-0.4, -0.2) is 53.8 Å². The summed E-state index contributed by atoms with van der Waals surface area (Å²) in [5, 5.41) is 11.7. The zero-order valence-electron chi connectivity index (χ0n) is 11.7. The molecular weight excluding hydrogens is 248 g/mol. The predicted molar refractivity (Wildman–Crippen MR) is 71.1 cm³/mol. The van der Waals surface area contributed by atoms with Crippen LogP contribution in [0.5, 0.6) is 0 Å². The summed E-state index contributed by atoms with van der Waals surface area (Å²) in [4.78, 5) is 24.7. The first-order valence-electron chi connectivity index (χ1n) is 6.95. The second-order valence-electron chi connectivity index (χ2n) is 4.86. The second-order valence-corrected chi connectivity index (χ2v) is 4.86. The van der Waals surface area contributed by atoms with Crippen molar-refractivity contribution in [2.24, 2.45) is 0 Å². The average molecular weight is 272 g/mol. The Hall–Kier alpha value is -1.30. The van der Waals surface area contributed by atoms with Crippen molar-refractivity contribution in [1.82, 2.24) is 10.2 Å². The van der Waals surface area contributed by atoms with Gasteiger partial charge in [0.05, 0.1) is 25.7 Å². The minimum absolute atomic E-state index is 0.0271. The van der Waals surface area contributed by atoms with Crippen LogP contribution < -0.4 is 5.32 Å². The van der Waals surface area contributed by atoms with Crippen LogP contribution in [-0.2, 0) is 9.53 Å². The van der Waals surface area contributed by atoms with Gasteiger partial charge in [-0.2, -0.15) is 0 Å². The number of hydrogen-bond acceptors (Lipinski definition) is 3. The lowest BCUT2D eigenvalue weighted by molar-refractivity contribution is -0.137. The summed E-state index contributed by atoms with van der Waals surface area (Å²) in [6.45, 7) is 5.66. The van der Waals surface area contributed by atoms with Crippen molar-refractivity contribution >= 4 is 12.0 Å². The molecule has 0 aromatic rings. The molecule has 19 heavy (non-hydrogen) atoms. The summed E-state index contributed by atoms with van der Waals surface area (Å²) >= 11 is 0. The standard InChI is InChI=1S/C13H24N2O4/c1-3-5-10(8-12(16)17)14-13(18)15-6-7-19-9-11(15)4-2/h10-11H,3-9H2,1-2H3,(H,14,18)(H,16,17). The molecule has 1 fully saturated rings. The molecule has 2 unspecified atom stereocenters. The van der Waals surface area contributed by atoms with Crippen LogP contribution in [0.1, 0.15) is 39.5 Å². The Kier molecular flexibility index (Phi) is 6.62. The van der Waals surface area contributed by atoms with Crippen molar-refractivity contribution in [2.45, 2.75) is 51.6 Å². The molecule has 0 saturated carbocycles. The van der Waals surface area contributed by atoms with E-state index in [-0.39, 0.29) is 24.5 Å². The Labute approximate surface area is 114 Å². The SMILES string of the molecule is CCCC(CC(=O)O)NC(=O)N1CCOCC1CC. The fraction of sp³-hybridized carbons (Fsp3) is 0.846. The van der Waals surface area contributed by atoms with Crippen molar-refractivity contribution in [3.8, 4) is 0 Å². The number of carbonyl (C=O) groups excluding carboxylic acids is 1. The third-order valence-corrected chi connectivity index (χ3v) is 3.35. The second kappa shape index (κ2) is 7.99. The van der Waals surface area contributed by atoms with Crippen LogP contribution in [0.2, 0.25) is 0 Å². The third kappa shape index (κ3) is 5.06. The van der Waals surface area contributed by atoms with Gasteiger partial charge < -0.3 is 20.1 Å². The molecule has 1 rings (SSSR count). The number of carboxylic acid groups (broad SMARTS) is 1. The molecule has 0 aromatic carbocycles. The number of rotatable bonds is 6. The summed E-state index contributed by atoms with van der Waals surface area (Å²) in [5.74, 6) is -0.882. The van der Waals surface area contributed by atoms with Gasteiger partial charge >= 0.3 is 12.0 Å². The Bertz CT molecular complexity index is 309. The maximum atomic E-state index is 12.2. The highest BCUT2D eigenvalue weighted by atomic mass is 16.5. The quantitative estimate of drug-likeness (QED) is 0.767. The van der Waals surface area contributed by atoms with E-state index in [4.69, 9.17) is 9.84 Å². The normalized spacial score (nSPS) is 20.9. The maximum Gasteiger partial charge on any atom is 0.318 e. The molecule has 1 aliphatic rings. The molecule has 0 radical (unpaired) electrons. The molecule has 1 aliphatic heterocycles. The van der Waals surface area contributed by atoms with E-state index in [0.717, 1.165) is 12.8 Å². The van der Waals surface area contributed by atoms with Crippen LogP contribution in [0.25, 0.3) is 0 Å². The van der Waals surface area contributed by atoms with Gasteiger partial charge in [-0.05, 0) is 12.8 Å². The molecule has 110 valence electrons. The van der Waals surface area contributed by atoms with Crippen LogP contribution in [0.15, 0.2) is 0 Å². The van der Waals surface area contributed by atoms with Crippen molar-refractivity contribution < 1.29 is 19.4 Å². The van der Waals surface area contributed by atoms with Crippen LogP contribution >= 0.6 is 0 Å². The molecule has 0 aliphatic carbocycles. The average Bonchev–Trinajstić information content (AvgIpc) is 2.38. The van der Waals surface area contributed by atoms with Gasteiger partial charge in [0.15, 0.2) is 0 Å². The van der Waals surface area contributed by atoms with Gasteiger partial charge in [-0.25, -0.2) is 4.79 Å². The highest BCUT2D eigenvalue weighted by molar-refractivity contribution is 5.76. The largest absolute Gasteiger partial charge is 0.481 e. The van der Waals surface area contributed by atoms with E-state index in [1.807, 2.05) is 13.8 Å². The molecule has 6 nitrogen and oxygen atoms in total. The highest BCUT2D eigenvalue weighted by Gasteiger charge is 2.27. The van der Waals surface area contributed by atoms with Crippen molar-refractivity contribution in [2.75, 3.05) is 19.8 Å². The Balaban J connectivity index is 2.56. The van der Waals surface area contributed by atoms with Gasteiger partial charge in [0.25, 0.3) is 0 Å². The number of nitrogens with zero attached hydrogens (tertiary/aromatic N) is 1. The predicted octanol–water partition coefficient (Wildman–Crippen LogP) is 1.45. The number of carboxylic acids is 1. The smallest absolute Gasteiger partial charge is 0.318 e. The van der Waals surface area contributed by atoms with E-state index in [9.17, 15) is 9.59 Å². The number of hydrogen-bond donors (Lipinski definition) is 2. The molecule has 1 saturated heterocycles. The minimum atomic E-state index is -0.882. The van der Waals surface area contributed by atoms with Gasteiger partial charge in [-0.15, -0.1) is 0 Å². The Morgan fingerprint density at radius 2 is 2.21 bits per heavy atom. The monoisotopic (exact) mass is 272 g/mol. The molecule has 2 atom stereocenters. The van der Waals surface area contributed by atoms with E-state index in [0.29, 0.717) is 26.2 Å². The summed E-state index contributed by atoms with van der Waals surface area (Å²) in [6, 6.07) is -0.383. The van der Waals surface area contributed by atoms with Crippen LogP contribution in [0.3, 0.4) is 0 Å². The van der Waals surface area contributed by atoms with Gasteiger partial charge in [0.1, 0.15) is 0 Å². The molecule has 0 bridgehead atoms.